The number of alkyl halides is 12. The Morgan fingerprint density at radius 2 is 1.16 bits per heavy atom. The van der Waals surface area contributed by atoms with E-state index in [-0.39, 0.29) is 23.8 Å². The molecule has 0 heterocycles. The fraction of sp³-hybridized carbons (Fsp3) is 0.250. The molecule has 0 bridgehead atoms. The number of allylic oxidation sites excluding steroid dienone is 4. The summed E-state index contributed by atoms with van der Waals surface area (Å²) in [4.78, 5) is 25.9. The minimum absolute atomic E-state index is 0.0554. The van der Waals surface area contributed by atoms with E-state index < -0.39 is 88.1 Å². The molecule has 1 atom stereocenters. The molecule has 0 radical (unpaired) electrons. The van der Waals surface area contributed by atoms with Crippen LogP contribution in [0.15, 0.2) is 71.8 Å². The molecule has 0 aromatic heterocycles. The maximum atomic E-state index is 14.4. The molecule has 3 rings (SSSR count). The molecule has 2 nitrogen and oxygen atoms in total. The Bertz CT molecular complexity index is 1280. The van der Waals surface area contributed by atoms with Crippen LogP contribution in [0.1, 0.15) is 38.3 Å². The molecule has 0 saturated carbocycles. The van der Waals surface area contributed by atoms with E-state index in [0.29, 0.717) is 0 Å². The van der Waals surface area contributed by atoms with Crippen LogP contribution in [0.5, 0.6) is 0 Å². The molecule has 2 aromatic rings. The summed E-state index contributed by atoms with van der Waals surface area (Å²) in [5, 5.41) is 0. The Balaban J connectivity index is 2.30. The Hall–Kier alpha value is -3.58. The van der Waals surface area contributed by atoms with Crippen LogP contribution in [0, 0.1) is 5.41 Å². The molecule has 0 saturated heterocycles. The number of ketones is 2. The van der Waals surface area contributed by atoms with Crippen molar-refractivity contribution in [3.05, 3.63) is 94.1 Å². The summed E-state index contributed by atoms with van der Waals surface area (Å²) in [6.45, 7) is 0. The van der Waals surface area contributed by atoms with Gasteiger partial charge in [-0.3, -0.25) is 9.59 Å². The highest BCUT2D eigenvalue weighted by molar-refractivity contribution is 6.11. The van der Waals surface area contributed by atoms with E-state index in [1.165, 1.54) is 18.2 Å². The molecule has 0 fully saturated rings. The molecule has 2 aromatic carbocycles. The molecule has 0 amide bonds. The highest BCUT2D eigenvalue weighted by Gasteiger charge is 2.62. The smallest absolute Gasteiger partial charge is 0.293 e. The first kappa shape index (κ1) is 29.0. The summed E-state index contributed by atoms with van der Waals surface area (Å²) >= 11 is 0. The third kappa shape index (κ3) is 5.63. The van der Waals surface area contributed by atoms with Gasteiger partial charge in [-0.25, -0.2) is 0 Å². The molecular formula is C24H12F12O2. The number of carbonyl (C=O) groups is 2. The molecule has 0 spiro atoms. The van der Waals surface area contributed by atoms with E-state index in [2.05, 4.69) is 0 Å². The van der Waals surface area contributed by atoms with Gasteiger partial charge in [0.2, 0.25) is 0 Å². The number of hydrogen-bond donors (Lipinski definition) is 0. The predicted octanol–water partition coefficient (Wildman–Crippen LogP) is 8.16. The lowest BCUT2D eigenvalue weighted by molar-refractivity contribution is -0.189. The zero-order valence-electron chi connectivity index (χ0n) is 18.3. The van der Waals surface area contributed by atoms with Gasteiger partial charge in [-0.1, -0.05) is 30.3 Å². The zero-order valence-corrected chi connectivity index (χ0v) is 18.3. The second-order valence-electron chi connectivity index (χ2n) is 8.23. The van der Waals surface area contributed by atoms with E-state index in [1.807, 2.05) is 0 Å². The Labute approximate surface area is 205 Å². The van der Waals surface area contributed by atoms with Crippen molar-refractivity contribution in [3.8, 4) is 0 Å². The van der Waals surface area contributed by atoms with E-state index in [1.54, 1.807) is 0 Å². The van der Waals surface area contributed by atoms with Crippen LogP contribution in [-0.2, 0) is 12.4 Å². The van der Waals surface area contributed by atoms with Gasteiger partial charge in [0.05, 0.1) is 16.7 Å². The van der Waals surface area contributed by atoms with Gasteiger partial charge in [0.1, 0.15) is 0 Å². The van der Waals surface area contributed by atoms with E-state index in [0.717, 1.165) is 12.1 Å². The minimum atomic E-state index is -5.98. The molecule has 1 aliphatic rings. The van der Waals surface area contributed by atoms with Crippen LogP contribution in [-0.4, -0.2) is 23.9 Å². The molecular weight excluding hydrogens is 548 g/mol. The largest absolute Gasteiger partial charge is 0.416 e. The summed E-state index contributed by atoms with van der Waals surface area (Å²) < 4.78 is 163. The Morgan fingerprint density at radius 3 is 1.58 bits per heavy atom. The van der Waals surface area contributed by atoms with Crippen molar-refractivity contribution in [3.63, 3.8) is 0 Å². The minimum Gasteiger partial charge on any atom is -0.293 e. The lowest BCUT2D eigenvalue weighted by Gasteiger charge is -2.36. The van der Waals surface area contributed by atoms with Gasteiger partial charge in [0.15, 0.2) is 17.0 Å². The number of rotatable bonds is 4. The van der Waals surface area contributed by atoms with E-state index in [4.69, 9.17) is 0 Å². The van der Waals surface area contributed by atoms with Gasteiger partial charge in [-0.05, 0) is 30.4 Å². The zero-order chi connectivity index (χ0) is 28.9. The first-order valence-corrected chi connectivity index (χ1v) is 10.2. The highest BCUT2D eigenvalue weighted by Crippen LogP contribution is 2.52. The van der Waals surface area contributed by atoms with Gasteiger partial charge in [0.25, 0.3) is 0 Å². The second-order valence-corrected chi connectivity index (χ2v) is 8.23. The van der Waals surface area contributed by atoms with Gasteiger partial charge in [0, 0.05) is 23.1 Å². The van der Waals surface area contributed by atoms with Crippen LogP contribution < -0.4 is 0 Å². The number of halogens is 12. The van der Waals surface area contributed by atoms with Crippen molar-refractivity contribution in [2.24, 2.45) is 5.41 Å². The molecule has 1 aliphatic carbocycles. The average molecular weight is 560 g/mol. The SMILES string of the molecule is O=C(C1=CC(C(F)(F)F)=CC(C(=O)c2cc(C(F)(F)F)cc(C(F)(F)F)c2)(C(F)(F)F)C1)c1ccccc1. The quantitative estimate of drug-likeness (QED) is 0.280. The molecule has 14 heteroatoms. The summed E-state index contributed by atoms with van der Waals surface area (Å²) in [6.07, 6.45) is -25.1. The topological polar surface area (TPSA) is 34.1 Å². The number of carbonyl (C=O) groups excluding carboxylic acids is 2. The predicted molar refractivity (Wildman–Crippen MR) is 107 cm³/mol. The lowest BCUT2D eigenvalue weighted by Crippen LogP contribution is -2.46. The summed E-state index contributed by atoms with van der Waals surface area (Å²) in [5.41, 5.74) is -14.1. The van der Waals surface area contributed by atoms with Crippen molar-refractivity contribution in [2.45, 2.75) is 31.1 Å². The summed E-state index contributed by atoms with van der Waals surface area (Å²) in [7, 11) is 0. The molecule has 204 valence electrons. The van der Waals surface area contributed by atoms with Crippen LogP contribution >= 0.6 is 0 Å². The van der Waals surface area contributed by atoms with Gasteiger partial charge in [-0.15, -0.1) is 0 Å². The lowest BCUT2D eigenvalue weighted by atomic mass is 9.69. The van der Waals surface area contributed by atoms with Crippen LogP contribution in [0.2, 0.25) is 0 Å². The maximum Gasteiger partial charge on any atom is 0.416 e. The Morgan fingerprint density at radius 1 is 0.658 bits per heavy atom. The first-order chi connectivity index (χ1) is 17.2. The third-order valence-electron chi connectivity index (χ3n) is 5.62. The van der Waals surface area contributed by atoms with Crippen molar-refractivity contribution in [1.82, 2.24) is 0 Å². The summed E-state index contributed by atoms with van der Waals surface area (Å²) in [6, 6.07) is 4.86. The Kier molecular flexibility index (Phi) is 7.10. The highest BCUT2D eigenvalue weighted by atomic mass is 19.4. The standard InChI is InChI=1S/C24H12F12O2/c25-21(26,27)15-6-13(7-16(9-15)22(28,29)30)19(38)20(24(34,35)36)10-14(8-17(11-20)23(31,32)33)18(37)12-4-2-1-3-5-12/h1-9,11H,10H2. The number of hydrogen-bond acceptors (Lipinski definition) is 2. The van der Waals surface area contributed by atoms with Crippen molar-refractivity contribution >= 4 is 11.6 Å². The fourth-order valence-corrected chi connectivity index (χ4v) is 3.78. The van der Waals surface area contributed by atoms with Crippen LogP contribution in [0.25, 0.3) is 0 Å². The van der Waals surface area contributed by atoms with Gasteiger partial charge in [-0.2, -0.15) is 52.7 Å². The fourth-order valence-electron chi connectivity index (χ4n) is 3.78. The van der Waals surface area contributed by atoms with Crippen LogP contribution in [0.3, 0.4) is 0 Å². The van der Waals surface area contributed by atoms with Crippen molar-refractivity contribution in [1.29, 1.82) is 0 Å². The monoisotopic (exact) mass is 560 g/mol. The molecule has 0 aliphatic heterocycles. The van der Waals surface area contributed by atoms with Crippen molar-refractivity contribution < 1.29 is 62.3 Å². The number of benzene rings is 2. The summed E-state index contributed by atoms with van der Waals surface area (Å²) in [5.74, 6) is -3.89. The van der Waals surface area contributed by atoms with E-state index >= 15 is 0 Å². The maximum absolute atomic E-state index is 14.4. The second kappa shape index (κ2) is 9.31. The normalized spacial score (nSPS) is 19.1. The third-order valence-corrected chi connectivity index (χ3v) is 5.62. The van der Waals surface area contributed by atoms with Gasteiger partial charge < -0.3 is 0 Å². The molecule has 1 unspecified atom stereocenters. The van der Waals surface area contributed by atoms with E-state index in [9.17, 15) is 62.3 Å². The molecule has 0 N–H and O–H groups in total. The van der Waals surface area contributed by atoms with Gasteiger partial charge >= 0.3 is 24.7 Å². The average Bonchev–Trinajstić information content (AvgIpc) is 2.80. The number of Topliss-reactive ketones (excluding diaryl/α,β-unsaturated/α-hetero) is 2. The van der Waals surface area contributed by atoms with Crippen LogP contribution in [0.4, 0.5) is 52.7 Å². The molecule has 38 heavy (non-hydrogen) atoms. The first-order valence-electron chi connectivity index (χ1n) is 10.2. The van der Waals surface area contributed by atoms with Crippen molar-refractivity contribution in [2.75, 3.05) is 0 Å².